The van der Waals surface area contributed by atoms with Gasteiger partial charge < -0.3 is 10.2 Å². The summed E-state index contributed by atoms with van der Waals surface area (Å²) in [6.45, 7) is 3.63. The molecule has 0 saturated heterocycles. The number of nitrogens with zero attached hydrogens (tertiary/aromatic N) is 4. The summed E-state index contributed by atoms with van der Waals surface area (Å²) in [7, 11) is 1.25. The van der Waals surface area contributed by atoms with E-state index in [0.717, 1.165) is 11.0 Å². The van der Waals surface area contributed by atoms with E-state index in [9.17, 15) is 13.6 Å². The Morgan fingerprint density at radius 3 is 2.71 bits per heavy atom. The maximum absolute atomic E-state index is 15.2. The molecule has 1 N–H and O–H groups in total. The fourth-order valence-electron chi connectivity index (χ4n) is 3.18. The van der Waals surface area contributed by atoms with Crippen LogP contribution in [0.15, 0.2) is 35.1 Å². The molecule has 1 unspecified atom stereocenters. The van der Waals surface area contributed by atoms with Crippen molar-refractivity contribution in [3.63, 3.8) is 0 Å². The van der Waals surface area contributed by atoms with Crippen LogP contribution >= 0.6 is 15.9 Å². The third-order valence-electron chi connectivity index (χ3n) is 4.88. The van der Waals surface area contributed by atoms with Gasteiger partial charge in [-0.05, 0) is 41.9 Å². The number of carbonyl (C=O) groups is 1. The average molecular weight is 496 g/mol. The number of likely N-dealkylation sites (N-methyl/N-ethyl adjacent to an activating group) is 1. The molecule has 0 bridgehead atoms. The van der Waals surface area contributed by atoms with Gasteiger partial charge in [0.15, 0.2) is 0 Å². The third kappa shape index (κ3) is 4.95. The molecular weight excluding hydrogens is 475 g/mol. The van der Waals surface area contributed by atoms with Crippen LogP contribution in [-0.4, -0.2) is 39.4 Å². The number of carbonyl (C=O) groups excluding carboxylic acids is 1. The van der Waals surface area contributed by atoms with E-state index in [1.165, 1.54) is 26.1 Å². The number of amides is 1. The van der Waals surface area contributed by atoms with Crippen LogP contribution in [0, 0.1) is 12.7 Å². The maximum Gasteiger partial charge on any atom is 0.293 e. The van der Waals surface area contributed by atoms with Gasteiger partial charge in [-0.15, -0.1) is 0 Å². The second-order valence-corrected chi connectivity index (χ2v) is 8.11. The number of fused-ring (bicyclic) bond motifs is 1. The predicted molar refractivity (Wildman–Crippen MR) is 115 cm³/mol. The number of alkyl halides is 2. The lowest BCUT2D eigenvalue weighted by Crippen LogP contribution is -2.36. The summed E-state index contributed by atoms with van der Waals surface area (Å²) in [5.74, 6) is -4.18. The van der Waals surface area contributed by atoms with Crippen molar-refractivity contribution in [2.75, 3.05) is 18.9 Å². The lowest BCUT2D eigenvalue weighted by molar-refractivity contribution is -0.133. The fraction of sp³-hybridized carbons (Fsp3) is 0.333. The highest BCUT2D eigenvalue weighted by molar-refractivity contribution is 9.10. The second-order valence-electron chi connectivity index (χ2n) is 7.30. The predicted octanol–water partition coefficient (Wildman–Crippen LogP) is 4.98. The Morgan fingerprint density at radius 2 is 2.03 bits per heavy atom. The van der Waals surface area contributed by atoms with Crippen LogP contribution in [0.3, 0.4) is 0 Å². The number of aryl methyl sites for hydroxylation is 1. The van der Waals surface area contributed by atoms with Crippen molar-refractivity contribution in [3.05, 3.63) is 57.8 Å². The zero-order chi connectivity index (χ0) is 22.9. The Hall–Kier alpha value is -2.75. The molecule has 0 aliphatic rings. The van der Waals surface area contributed by atoms with E-state index in [1.807, 2.05) is 0 Å². The highest BCUT2D eigenvalue weighted by atomic mass is 79.9. The standard InChI is InChI=1S/C21H21BrF3N5O/c1-11(27-20-15-8-18(22)26-9-17(15)28-12(2)29-20)14-6-5-7-16(19(14)23)21(24,25)10-30(4)13(3)31/h5-9,11H,10H2,1-4H3,(H,27,28,29). The van der Waals surface area contributed by atoms with Crippen LogP contribution in [0.4, 0.5) is 19.0 Å². The molecule has 3 rings (SSSR count). The Bertz CT molecular complexity index is 1140. The van der Waals surface area contributed by atoms with Gasteiger partial charge in [-0.1, -0.05) is 12.1 Å². The first kappa shape index (κ1) is 22.9. The van der Waals surface area contributed by atoms with Crippen LogP contribution < -0.4 is 5.32 Å². The van der Waals surface area contributed by atoms with Crippen molar-refractivity contribution < 1.29 is 18.0 Å². The smallest absolute Gasteiger partial charge is 0.293 e. The van der Waals surface area contributed by atoms with Crippen LogP contribution in [0.2, 0.25) is 0 Å². The van der Waals surface area contributed by atoms with E-state index in [0.29, 0.717) is 27.1 Å². The van der Waals surface area contributed by atoms with Crippen molar-refractivity contribution in [2.45, 2.75) is 32.7 Å². The van der Waals surface area contributed by atoms with Crippen molar-refractivity contribution in [3.8, 4) is 0 Å². The lowest BCUT2D eigenvalue weighted by atomic mass is 9.99. The number of anilines is 1. The van der Waals surface area contributed by atoms with Crippen LogP contribution in [-0.2, 0) is 10.7 Å². The molecule has 164 valence electrons. The summed E-state index contributed by atoms with van der Waals surface area (Å²) in [5, 5.41) is 3.76. The normalized spacial score (nSPS) is 12.6. The SMILES string of the molecule is CC(=O)N(C)CC(F)(F)c1cccc(C(C)Nc2nc(C)nc3cnc(Br)cc23)c1F. The molecule has 10 heteroatoms. The molecule has 0 aliphatic carbocycles. The van der Waals surface area contributed by atoms with Gasteiger partial charge in [0.1, 0.15) is 22.1 Å². The molecule has 0 saturated carbocycles. The number of pyridine rings is 1. The zero-order valence-corrected chi connectivity index (χ0v) is 19.0. The third-order valence-corrected chi connectivity index (χ3v) is 5.31. The monoisotopic (exact) mass is 495 g/mol. The Morgan fingerprint density at radius 1 is 1.32 bits per heavy atom. The number of rotatable bonds is 6. The lowest BCUT2D eigenvalue weighted by Gasteiger charge is -2.25. The van der Waals surface area contributed by atoms with Gasteiger partial charge in [-0.25, -0.2) is 19.3 Å². The second kappa shape index (κ2) is 8.78. The molecule has 0 fully saturated rings. The summed E-state index contributed by atoms with van der Waals surface area (Å²) < 4.78 is 45.2. The molecule has 31 heavy (non-hydrogen) atoms. The maximum atomic E-state index is 15.2. The molecule has 1 atom stereocenters. The molecule has 1 amide bonds. The molecule has 3 aromatic rings. The topological polar surface area (TPSA) is 71.0 Å². The van der Waals surface area contributed by atoms with Crippen molar-refractivity contribution in [1.82, 2.24) is 19.9 Å². The van der Waals surface area contributed by atoms with Crippen LogP contribution in [0.1, 0.15) is 36.8 Å². The van der Waals surface area contributed by atoms with Crippen LogP contribution in [0.25, 0.3) is 10.9 Å². The Kier molecular flexibility index (Phi) is 6.49. The van der Waals surface area contributed by atoms with E-state index in [4.69, 9.17) is 0 Å². The quantitative estimate of drug-likeness (QED) is 0.488. The van der Waals surface area contributed by atoms with Crippen molar-refractivity contribution in [1.29, 1.82) is 0 Å². The van der Waals surface area contributed by atoms with E-state index in [-0.39, 0.29) is 5.56 Å². The van der Waals surface area contributed by atoms with Gasteiger partial charge in [0.25, 0.3) is 5.92 Å². The number of halogens is 4. The number of hydrogen-bond acceptors (Lipinski definition) is 5. The van der Waals surface area contributed by atoms with Crippen LogP contribution in [0.5, 0.6) is 0 Å². The molecule has 0 radical (unpaired) electrons. The molecule has 0 spiro atoms. The minimum absolute atomic E-state index is 0.0557. The fourth-order valence-corrected chi connectivity index (χ4v) is 3.51. The summed E-state index contributed by atoms with van der Waals surface area (Å²) in [6.07, 6.45) is 1.58. The first-order valence-corrected chi connectivity index (χ1v) is 10.2. The average Bonchev–Trinajstić information content (AvgIpc) is 2.68. The number of nitrogens with one attached hydrogen (secondary N) is 1. The van der Waals surface area contributed by atoms with E-state index in [2.05, 4.69) is 36.2 Å². The summed E-state index contributed by atoms with van der Waals surface area (Å²) in [6, 6.07) is 4.90. The van der Waals surface area contributed by atoms with Gasteiger partial charge in [0.2, 0.25) is 5.91 Å². The summed E-state index contributed by atoms with van der Waals surface area (Å²) >= 11 is 3.30. The Balaban J connectivity index is 1.96. The molecule has 6 nitrogen and oxygen atoms in total. The number of aromatic nitrogens is 3. The van der Waals surface area contributed by atoms with Gasteiger partial charge >= 0.3 is 0 Å². The molecular formula is C21H21BrF3N5O. The summed E-state index contributed by atoms with van der Waals surface area (Å²) in [4.78, 5) is 25.0. The molecule has 2 heterocycles. The van der Waals surface area contributed by atoms with Gasteiger partial charge in [0.05, 0.1) is 29.9 Å². The number of hydrogen-bond donors (Lipinski definition) is 1. The van der Waals surface area contributed by atoms with Gasteiger partial charge in [-0.2, -0.15) is 8.78 Å². The van der Waals surface area contributed by atoms with E-state index >= 15 is 4.39 Å². The molecule has 0 aliphatic heterocycles. The minimum atomic E-state index is -3.55. The van der Waals surface area contributed by atoms with Gasteiger partial charge in [0, 0.05) is 24.9 Å². The molecule has 2 aromatic heterocycles. The first-order chi connectivity index (χ1) is 14.5. The van der Waals surface area contributed by atoms with Crippen molar-refractivity contribution >= 4 is 38.6 Å². The summed E-state index contributed by atoms with van der Waals surface area (Å²) in [5.41, 5.74) is -0.110. The zero-order valence-electron chi connectivity index (χ0n) is 17.4. The molecule has 1 aromatic carbocycles. The first-order valence-electron chi connectivity index (χ1n) is 9.44. The number of benzene rings is 1. The highest BCUT2D eigenvalue weighted by Crippen LogP contribution is 2.35. The highest BCUT2D eigenvalue weighted by Gasteiger charge is 2.37. The van der Waals surface area contributed by atoms with Gasteiger partial charge in [-0.3, -0.25) is 4.79 Å². The minimum Gasteiger partial charge on any atom is -0.363 e. The Labute approximate surface area is 186 Å². The van der Waals surface area contributed by atoms with E-state index in [1.54, 1.807) is 26.1 Å². The largest absolute Gasteiger partial charge is 0.363 e. The van der Waals surface area contributed by atoms with Crippen molar-refractivity contribution in [2.24, 2.45) is 0 Å². The van der Waals surface area contributed by atoms with E-state index < -0.39 is 35.8 Å².